The van der Waals surface area contributed by atoms with Gasteiger partial charge in [0.05, 0.1) is 28.9 Å². The Hall–Kier alpha value is -2.52. The van der Waals surface area contributed by atoms with E-state index in [4.69, 9.17) is 4.74 Å². The summed E-state index contributed by atoms with van der Waals surface area (Å²) >= 11 is 1.54. The summed E-state index contributed by atoms with van der Waals surface area (Å²) in [4.78, 5) is 32.3. The van der Waals surface area contributed by atoms with Gasteiger partial charge in [-0.3, -0.25) is 9.36 Å². The molecule has 9 heteroatoms. The minimum Gasteiger partial charge on any atom is -0.383 e. The maximum Gasteiger partial charge on any atom is 0.346 e. The summed E-state index contributed by atoms with van der Waals surface area (Å²) in [6, 6.07) is 5.94. The number of likely N-dealkylation sites (tertiary alicyclic amines) is 1. The summed E-state index contributed by atoms with van der Waals surface area (Å²) < 4.78 is 9.55. The van der Waals surface area contributed by atoms with Crippen molar-refractivity contribution >= 4 is 27.5 Å². The van der Waals surface area contributed by atoms with Gasteiger partial charge in [0.25, 0.3) is 5.91 Å². The van der Waals surface area contributed by atoms with Crippen molar-refractivity contribution in [1.29, 1.82) is 0 Å². The molecule has 8 nitrogen and oxygen atoms in total. The Morgan fingerprint density at radius 3 is 2.97 bits per heavy atom. The fourth-order valence-corrected chi connectivity index (χ4v) is 4.97. The zero-order valence-electron chi connectivity index (χ0n) is 17.0. The first kappa shape index (κ1) is 19.4. The minimum absolute atomic E-state index is 0.0362. The van der Waals surface area contributed by atoms with E-state index < -0.39 is 0 Å². The number of hydrogen-bond acceptors (Lipinski definition) is 6. The van der Waals surface area contributed by atoms with Gasteiger partial charge in [-0.15, -0.1) is 11.3 Å². The van der Waals surface area contributed by atoms with Crippen LogP contribution < -0.4 is 5.69 Å². The number of fused-ring (bicyclic) bond motifs is 1. The number of amides is 1. The lowest BCUT2D eigenvalue weighted by Crippen LogP contribution is -2.40. The number of carbonyl (C=O) groups is 1. The van der Waals surface area contributed by atoms with Crippen LogP contribution in [0.25, 0.3) is 10.2 Å². The minimum atomic E-state index is -0.0522. The predicted molar refractivity (Wildman–Crippen MR) is 114 cm³/mol. The molecule has 0 N–H and O–H groups in total. The van der Waals surface area contributed by atoms with E-state index >= 15 is 0 Å². The summed E-state index contributed by atoms with van der Waals surface area (Å²) in [5, 5.41) is 4.68. The number of rotatable bonds is 6. The highest BCUT2D eigenvalue weighted by Crippen LogP contribution is 2.37. The molecule has 2 fully saturated rings. The molecule has 3 aromatic rings. The fraction of sp³-hybridized carbons (Fsp3) is 0.524. The fourth-order valence-electron chi connectivity index (χ4n) is 4.26. The van der Waals surface area contributed by atoms with Gasteiger partial charge in [0.15, 0.2) is 0 Å². The van der Waals surface area contributed by atoms with Crippen LogP contribution >= 0.6 is 11.3 Å². The van der Waals surface area contributed by atoms with E-state index in [1.807, 2.05) is 27.7 Å². The largest absolute Gasteiger partial charge is 0.383 e. The number of hydrogen-bond donors (Lipinski definition) is 0. The number of aromatic nitrogens is 4. The first-order valence-corrected chi connectivity index (χ1v) is 11.3. The van der Waals surface area contributed by atoms with E-state index in [9.17, 15) is 9.59 Å². The van der Waals surface area contributed by atoms with Crippen molar-refractivity contribution in [3.63, 3.8) is 0 Å². The summed E-state index contributed by atoms with van der Waals surface area (Å²) in [6.45, 7) is 2.23. The van der Waals surface area contributed by atoms with Gasteiger partial charge in [-0.25, -0.2) is 14.5 Å². The number of piperidine rings is 1. The molecule has 3 heterocycles. The Morgan fingerprint density at radius 1 is 1.30 bits per heavy atom. The van der Waals surface area contributed by atoms with E-state index in [-0.39, 0.29) is 23.6 Å². The van der Waals surface area contributed by atoms with E-state index in [1.54, 1.807) is 24.0 Å². The molecule has 1 aromatic carbocycles. The SMILES string of the molecule is COCCn1nc(C2CCCN(C(=O)c3ccc4ncsc4c3)C2)n(C2CC2)c1=O. The molecule has 5 rings (SSSR count). The lowest BCUT2D eigenvalue weighted by molar-refractivity contribution is 0.0703. The van der Waals surface area contributed by atoms with Crippen molar-refractivity contribution in [3.8, 4) is 0 Å². The highest BCUT2D eigenvalue weighted by atomic mass is 32.1. The molecule has 1 saturated heterocycles. The normalized spacial score (nSPS) is 19.5. The highest BCUT2D eigenvalue weighted by Gasteiger charge is 2.35. The van der Waals surface area contributed by atoms with Gasteiger partial charge in [0.2, 0.25) is 0 Å². The Bertz CT molecular complexity index is 1130. The maximum atomic E-state index is 13.2. The van der Waals surface area contributed by atoms with Crippen molar-refractivity contribution in [3.05, 3.63) is 45.6 Å². The highest BCUT2D eigenvalue weighted by molar-refractivity contribution is 7.16. The van der Waals surface area contributed by atoms with Gasteiger partial charge in [0, 0.05) is 37.7 Å². The molecule has 1 aliphatic heterocycles. The molecule has 0 bridgehead atoms. The second-order valence-electron chi connectivity index (χ2n) is 8.08. The molecule has 158 valence electrons. The molecule has 1 amide bonds. The van der Waals surface area contributed by atoms with E-state index in [0.29, 0.717) is 25.3 Å². The van der Waals surface area contributed by atoms with Crippen LogP contribution in [0.2, 0.25) is 0 Å². The van der Waals surface area contributed by atoms with Gasteiger partial charge in [0.1, 0.15) is 5.82 Å². The average molecular weight is 428 g/mol. The van der Waals surface area contributed by atoms with Crippen molar-refractivity contribution in [2.45, 2.75) is 44.2 Å². The number of carbonyl (C=O) groups excluding carboxylic acids is 1. The third-order valence-corrected chi connectivity index (χ3v) is 6.76. The lowest BCUT2D eigenvalue weighted by Gasteiger charge is -2.32. The number of thiazole rings is 1. The number of benzene rings is 1. The molecule has 2 aliphatic rings. The third kappa shape index (κ3) is 3.56. The second-order valence-corrected chi connectivity index (χ2v) is 8.97. The molecular formula is C21H25N5O3S. The second kappa shape index (κ2) is 7.96. The lowest BCUT2D eigenvalue weighted by atomic mass is 9.96. The van der Waals surface area contributed by atoms with Crippen LogP contribution in [0.1, 0.15) is 53.8 Å². The molecule has 0 spiro atoms. The summed E-state index contributed by atoms with van der Waals surface area (Å²) in [5.41, 5.74) is 3.36. The molecule has 1 unspecified atom stereocenters. The van der Waals surface area contributed by atoms with Gasteiger partial charge in [-0.1, -0.05) is 0 Å². The Balaban J connectivity index is 1.40. The van der Waals surface area contributed by atoms with Crippen LogP contribution in [0.3, 0.4) is 0 Å². The average Bonchev–Trinajstić information content (AvgIpc) is 3.40. The van der Waals surface area contributed by atoms with Crippen LogP contribution in [-0.4, -0.2) is 56.9 Å². The maximum absolute atomic E-state index is 13.2. The summed E-state index contributed by atoms with van der Waals surface area (Å²) in [5.74, 6) is 0.940. The molecule has 2 aromatic heterocycles. The van der Waals surface area contributed by atoms with Gasteiger partial charge in [-0.2, -0.15) is 5.10 Å². The van der Waals surface area contributed by atoms with E-state index in [0.717, 1.165) is 48.3 Å². The van der Waals surface area contributed by atoms with Gasteiger partial charge >= 0.3 is 5.69 Å². The van der Waals surface area contributed by atoms with Gasteiger partial charge < -0.3 is 9.64 Å². The van der Waals surface area contributed by atoms with Crippen molar-refractivity contribution < 1.29 is 9.53 Å². The smallest absolute Gasteiger partial charge is 0.346 e. The molecule has 0 radical (unpaired) electrons. The molecule has 30 heavy (non-hydrogen) atoms. The summed E-state index contributed by atoms with van der Waals surface area (Å²) in [6.07, 6.45) is 3.88. The van der Waals surface area contributed by atoms with E-state index in [2.05, 4.69) is 10.1 Å². The number of ether oxygens (including phenoxy) is 1. The quantitative estimate of drug-likeness (QED) is 0.604. The van der Waals surface area contributed by atoms with Crippen LogP contribution in [0, 0.1) is 0 Å². The Morgan fingerprint density at radius 2 is 2.17 bits per heavy atom. The number of nitrogens with zero attached hydrogens (tertiary/aromatic N) is 5. The summed E-state index contributed by atoms with van der Waals surface area (Å²) in [7, 11) is 1.62. The topological polar surface area (TPSA) is 82.2 Å². The Labute approximate surface area is 178 Å². The van der Waals surface area contributed by atoms with Crippen molar-refractivity contribution in [2.24, 2.45) is 0 Å². The molecule has 1 atom stereocenters. The zero-order valence-corrected chi connectivity index (χ0v) is 17.8. The van der Waals surface area contributed by atoms with Crippen molar-refractivity contribution in [2.75, 3.05) is 26.8 Å². The zero-order chi connectivity index (χ0) is 20.7. The first-order valence-electron chi connectivity index (χ1n) is 10.5. The predicted octanol–water partition coefficient (Wildman–Crippen LogP) is 2.66. The first-order chi connectivity index (χ1) is 14.7. The Kier molecular flexibility index (Phi) is 5.16. The van der Waals surface area contributed by atoms with Crippen molar-refractivity contribution in [1.82, 2.24) is 24.2 Å². The molecule has 1 saturated carbocycles. The molecule has 1 aliphatic carbocycles. The third-order valence-electron chi connectivity index (χ3n) is 5.97. The van der Waals surface area contributed by atoms with Crippen LogP contribution in [-0.2, 0) is 11.3 Å². The van der Waals surface area contributed by atoms with Gasteiger partial charge in [-0.05, 0) is 43.9 Å². The number of methoxy groups -OCH3 is 1. The standard InChI is InChI=1S/C21H25N5O3S/c1-29-10-9-25-21(28)26(16-5-6-16)19(23-25)15-3-2-8-24(12-15)20(27)14-4-7-17-18(11-14)30-13-22-17/h4,7,11,13,15-16H,2-3,5-6,8-10,12H2,1H3. The molecular weight excluding hydrogens is 402 g/mol. The van der Waals surface area contributed by atoms with E-state index in [1.165, 1.54) is 4.68 Å². The van der Waals surface area contributed by atoms with Crippen LogP contribution in [0.5, 0.6) is 0 Å². The monoisotopic (exact) mass is 427 g/mol. The van der Waals surface area contributed by atoms with Crippen LogP contribution in [0.4, 0.5) is 0 Å². The van der Waals surface area contributed by atoms with Crippen LogP contribution in [0.15, 0.2) is 28.5 Å².